The monoisotopic (exact) mass is 389 g/mol. The molecule has 146 valence electrons. The molecule has 0 saturated heterocycles. The molecule has 0 spiro atoms. The largest absolute Gasteiger partial charge is 0.396 e. The first kappa shape index (κ1) is 20.9. The Balaban J connectivity index is 1.95. The van der Waals surface area contributed by atoms with Crippen LogP contribution in [0.1, 0.15) is 18.4 Å². The third-order valence-electron chi connectivity index (χ3n) is 4.07. The first-order chi connectivity index (χ1) is 13.1. The summed E-state index contributed by atoms with van der Waals surface area (Å²) in [5, 5.41) is 15.8. The lowest BCUT2D eigenvalue weighted by atomic mass is 10.0. The molecule has 7 heteroatoms. The van der Waals surface area contributed by atoms with Gasteiger partial charge in [-0.2, -0.15) is 0 Å². The van der Waals surface area contributed by atoms with E-state index < -0.39 is 9.84 Å². The summed E-state index contributed by atoms with van der Waals surface area (Å²) in [6.45, 7) is 3.25. The molecule has 0 aliphatic heterocycles. The van der Waals surface area contributed by atoms with Crippen LogP contribution in [-0.2, 0) is 9.84 Å². The van der Waals surface area contributed by atoms with Gasteiger partial charge >= 0.3 is 0 Å². The lowest BCUT2D eigenvalue weighted by Crippen LogP contribution is -2.40. The predicted molar refractivity (Wildman–Crippen MR) is 109 cm³/mol. The highest BCUT2D eigenvalue weighted by Gasteiger charge is 2.14. The van der Waals surface area contributed by atoms with Crippen LogP contribution in [0.2, 0.25) is 0 Å². The van der Waals surface area contributed by atoms with Crippen LogP contribution in [0.15, 0.2) is 70.6 Å². The number of sulfone groups is 1. The Morgan fingerprint density at radius 1 is 1.04 bits per heavy atom. The van der Waals surface area contributed by atoms with E-state index in [1.165, 1.54) is 0 Å². The molecule has 3 N–H and O–H groups in total. The summed E-state index contributed by atoms with van der Waals surface area (Å²) in [6, 6.07) is 18.1. The van der Waals surface area contributed by atoms with E-state index in [2.05, 4.69) is 15.6 Å². The third kappa shape index (κ3) is 6.69. The Kier molecular flexibility index (Phi) is 8.29. The van der Waals surface area contributed by atoms with Crippen molar-refractivity contribution < 1.29 is 13.5 Å². The molecular weight excluding hydrogens is 362 g/mol. The fourth-order valence-electron chi connectivity index (χ4n) is 2.59. The Bertz CT molecular complexity index is 809. The topological polar surface area (TPSA) is 90.8 Å². The summed E-state index contributed by atoms with van der Waals surface area (Å²) < 4.78 is 24.7. The fourth-order valence-corrected chi connectivity index (χ4v) is 3.76. The van der Waals surface area contributed by atoms with Crippen LogP contribution in [0.5, 0.6) is 0 Å². The molecule has 1 atom stereocenters. The average molecular weight is 390 g/mol. The van der Waals surface area contributed by atoms with Crippen molar-refractivity contribution in [1.82, 2.24) is 10.6 Å². The SMILES string of the molecule is CCNC(=NCC(CO)c1ccccc1)NCCS(=O)(=O)c1ccccc1. The van der Waals surface area contributed by atoms with Crippen molar-refractivity contribution in [2.45, 2.75) is 17.7 Å². The van der Waals surface area contributed by atoms with Crippen LogP contribution >= 0.6 is 0 Å². The molecule has 1 unspecified atom stereocenters. The van der Waals surface area contributed by atoms with Crippen molar-refractivity contribution in [1.29, 1.82) is 0 Å². The van der Waals surface area contributed by atoms with Crippen molar-refractivity contribution in [3.05, 3.63) is 66.2 Å². The summed E-state index contributed by atoms with van der Waals surface area (Å²) in [4.78, 5) is 4.81. The summed E-state index contributed by atoms with van der Waals surface area (Å²) in [5.74, 6) is 0.411. The van der Waals surface area contributed by atoms with Crippen LogP contribution in [0.3, 0.4) is 0 Å². The molecule has 0 saturated carbocycles. The molecule has 0 aliphatic carbocycles. The number of rotatable bonds is 9. The minimum absolute atomic E-state index is 0.00466. The van der Waals surface area contributed by atoms with Gasteiger partial charge in [-0.15, -0.1) is 0 Å². The van der Waals surface area contributed by atoms with Crippen molar-refractivity contribution in [3.63, 3.8) is 0 Å². The standard InChI is InChI=1S/C20H27N3O3S/c1-2-21-20(23-15-18(16-24)17-9-5-3-6-10-17)22-13-14-27(25,26)19-11-7-4-8-12-19/h3-12,18,24H,2,13-16H2,1H3,(H2,21,22,23). The van der Waals surface area contributed by atoms with E-state index in [4.69, 9.17) is 0 Å². The molecule has 0 fully saturated rings. The van der Waals surface area contributed by atoms with E-state index in [1.54, 1.807) is 30.3 Å². The molecular formula is C20H27N3O3S. The van der Waals surface area contributed by atoms with Gasteiger partial charge in [0.15, 0.2) is 15.8 Å². The van der Waals surface area contributed by atoms with Gasteiger partial charge in [0.05, 0.1) is 23.8 Å². The molecule has 0 aromatic heterocycles. The number of aliphatic hydroxyl groups is 1. The van der Waals surface area contributed by atoms with Gasteiger partial charge in [-0.25, -0.2) is 8.42 Å². The lowest BCUT2D eigenvalue weighted by Gasteiger charge is -2.15. The zero-order valence-electron chi connectivity index (χ0n) is 15.5. The summed E-state index contributed by atoms with van der Waals surface area (Å²) in [7, 11) is -3.34. The second-order valence-corrected chi connectivity index (χ2v) is 8.18. The van der Waals surface area contributed by atoms with Gasteiger partial charge in [-0.1, -0.05) is 48.5 Å². The number of nitrogens with one attached hydrogen (secondary N) is 2. The van der Waals surface area contributed by atoms with Gasteiger partial charge in [0.2, 0.25) is 0 Å². The zero-order chi connectivity index (χ0) is 19.5. The number of nitrogens with zero attached hydrogens (tertiary/aromatic N) is 1. The Labute approximate surface area is 161 Å². The van der Waals surface area contributed by atoms with Crippen LogP contribution in [0.4, 0.5) is 0 Å². The molecule has 0 aliphatic rings. The lowest BCUT2D eigenvalue weighted by molar-refractivity contribution is 0.268. The Hall–Kier alpha value is -2.38. The second-order valence-electron chi connectivity index (χ2n) is 6.07. The maximum Gasteiger partial charge on any atom is 0.191 e. The zero-order valence-corrected chi connectivity index (χ0v) is 16.3. The van der Waals surface area contributed by atoms with Crippen molar-refractivity contribution in [3.8, 4) is 0 Å². The molecule has 0 radical (unpaired) electrons. The maximum atomic E-state index is 12.3. The number of aliphatic hydroxyl groups excluding tert-OH is 1. The van der Waals surface area contributed by atoms with E-state index in [1.807, 2.05) is 37.3 Å². The fraction of sp³-hybridized carbons (Fsp3) is 0.350. The second kappa shape index (κ2) is 10.7. The first-order valence-electron chi connectivity index (χ1n) is 9.02. The molecule has 2 rings (SSSR count). The smallest absolute Gasteiger partial charge is 0.191 e. The van der Waals surface area contributed by atoms with Crippen LogP contribution < -0.4 is 10.6 Å². The normalized spacial score (nSPS) is 13.2. The highest BCUT2D eigenvalue weighted by atomic mass is 32.2. The highest BCUT2D eigenvalue weighted by Crippen LogP contribution is 2.15. The van der Waals surface area contributed by atoms with Crippen LogP contribution in [0.25, 0.3) is 0 Å². The number of aliphatic imine (C=N–C) groups is 1. The number of hydrogen-bond acceptors (Lipinski definition) is 4. The average Bonchev–Trinajstić information content (AvgIpc) is 2.70. The van der Waals surface area contributed by atoms with Crippen LogP contribution in [-0.4, -0.2) is 51.5 Å². The van der Waals surface area contributed by atoms with Crippen LogP contribution in [0, 0.1) is 0 Å². The van der Waals surface area contributed by atoms with Crippen molar-refractivity contribution in [2.24, 2.45) is 4.99 Å². The van der Waals surface area contributed by atoms with Gasteiger partial charge in [-0.3, -0.25) is 4.99 Å². The summed E-state index contributed by atoms with van der Waals surface area (Å²) >= 11 is 0. The number of hydrogen-bond donors (Lipinski definition) is 3. The van der Waals surface area contributed by atoms with Crippen molar-refractivity contribution in [2.75, 3.05) is 32.0 Å². The Morgan fingerprint density at radius 2 is 1.67 bits per heavy atom. The van der Waals surface area contributed by atoms with E-state index in [9.17, 15) is 13.5 Å². The highest BCUT2D eigenvalue weighted by molar-refractivity contribution is 7.91. The maximum absolute atomic E-state index is 12.3. The molecule has 2 aromatic carbocycles. The van der Waals surface area contributed by atoms with E-state index in [0.29, 0.717) is 23.9 Å². The third-order valence-corrected chi connectivity index (χ3v) is 5.80. The summed E-state index contributed by atoms with van der Waals surface area (Å²) in [6.07, 6.45) is 0. The molecule has 0 bridgehead atoms. The van der Waals surface area contributed by atoms with E-state index in [0.717, 1.165) is 5.56 Å². The van der Waals surface area contributed by atoms with Gasteiger partial charge < -0.3 is 15.7 Å². The van der Waals surface area contributed by atoms with E-state index >= 15 is 0 Å². The number of benzene rings is 2. The molecule has 6 nitrogen and oxygen atoms in total. The quantitative estimate of drug-likeness (QED) is 0.449. The Morgan fingerprint density at radius 3 is 2.26 bits per heavy atom. The predicted octanol–water partition coefficient (Wildman–Crippen LogP) is 1.79. The number of guanidine groups is 1. The molecule has 27 heavy (non-hydrogen) atoms. The van der Waals surface area contributed by atoms with Crippen molar-refractivity contribution >= 4 is 15.8 Å². The first-order valence-corrected chi connectivity index (χ1v) is 10.7. The van der Waals surface area contributed by atoms with Gasteiger partial charge in [-0.05, 0) is 24.6 Å². The van der Waals surface area contributed by atoms with Gasteiger partial charge in [0.25, 0.3) is 0 Å². The molecule has 2 aromatic rings. The minimum atomic E-state index is -3.34. The van der Waals surface area contributed by atoms with Gasteiger partial charge in [0.1, 0.15) is 0 Å². The molecule has 0 heterocycles. The molecule has 0 amide bonds. The van der Waals surface area contributed by atoms with Gasteiger partial charge in [0, 0.05) is 19.0 Å². The minimum Gasteiger partial charge on any atom is -0.396 e. The summed E-state index contributed by atoms with van der Waals surface area (Å²) in [5.41, 5.74) is 1.02. The van der Waals surface area contributed by atoms with E-state index in [-0.39, 0.29) is 24.8 Å².